The van der Waals surface area contributed by atoms with Gasteiger partial charge in [0.05, 0.1) is 16.9 Å². The molecule has 2 aromatic rings. The van der Waals surface area contributed by atoms with E-state index >= 15 is 0 Å². The number of aliphatic hydroxyl groups is 1. The van der Waals surface area contributed by atoms with Crippen LogP contribution >= 0.6 is 11.6 Å². The zero-order chi connectivity index (χ0) is 17.0. The second-order valence-corrected chi connectivity index (χ2v) is 6.67. The molecule has 128 valence electrons. The molecular formula is C16H20ClN5O2. The molecule has 0 bridgehead atoms. The van der Waals surface area contributed by atoms with E-state index in [1.807, 2.05) is 0 Å². The number of amides is 1. The smallest absolute Gasteiger partial charge is 0.253 e. The van der Waals surface area contributed by atoms with E-state index in [-0.39, 0.29) is 12.5 Å². The number of hydrogen-bond acceptors (Lipinski definition) is 5. The van der Waals surface area contributed by atoms with Crippen LogP contribution in [0.5, 0.6) is 0 Å². The third-order valence-electron chi connectivity index (χ3n) is 4.41. The normalized spacial score (nSPS) is 17.2. The summed E-state index contributed by atoms with van der Waals surface area (Å²) in [5, 5.41) is 25.0. The van der Waals surface area contributed by atoms with Gasteiger partial charge in [-0.25, -0.2) is 0 Å². The lowest BCUT2D eigenvalue weighted by molar-refractivity contribution is 0.0246. The van der Waals surface area contributed by atoms with Crippen molar-refractivity contribution in [1.29, 1.82) is 0 Å². The third-order valence-corrected chi connectivity index (χ3v) is 4.65. The van der Waals surface area contributed by atoms with E-state index in [1.54, 1.807) is 18.2 Å². The van der Waals surface area contributed by atoms with E-state index in [0.29, 0.717) is 29.1 Å². The van der Waals surface area contributed by atoms with Gasteiger partial charge in [0.25, 0.3) is 5.91 Å². The molecule has 1 aromatic carbocycles. The van der Waals surface area contributed by atoms with E-state index in [9.17, 15) is 9.90 Å². The fourth-order valence-electron chi connectivity index (χ4n) is 3.07. The number of benzene rings is 1. The number of nitrogens with zero attached hydrogens (tertiary/aromatic N) is 4. The van der Waals surface area contributed by atoms with Crippen LogP contribution in [0.15, 0.2) is 24.5 Å². The van der Waals surface area contributed by atoms with Crippen LogP contribution in [-0.2, 0) is 0 Å². The lowest BCUT2D eigenvalue weighted by Gasteiger charge is -2.27. The van der Waals surface area contributed by atoms with Crippen LogP contribution < -0.4 is 5.32 Å². The van der Waals surface area contributed by atoms with Gasteiger partial charge in [0.15, 0.2) is 0 Å². The topological polar surface area (TPSA) is 92.9 Å². The highest BCUT2D eigenvalue weighted by atomic mass is 35.5. The zero-order valence-corrected chi connectivity index (χ0v) is 14.0. The van der Waals surface area contributed by atoms with Crippen LogP contribution in [0.25, 0.3) is 5.69 Å². The Labute approximate surface area is 145 Å². The quantitative estimate of drug-likeness (QED) is 0.825. The molecule has 1 saturated carbocycles. The monoisotopic (exact) mass is 349 g/mol. The summed E-state index contributed by atoms with van der Waals surface area (Å²) >= 11 is 6.03. The van der Waals surface area contributed by atoms with Crippen molar-refractivity contribution in [2.45, 2.75) is 44.1 Å². The summed E-state index contributed by atoms with van der Waals surface area (Å²) in [6.45, 7) is 0.230. The van der Waals surface area contributed by atoms with Crippen LogP contribution in [-0.4, -0.2) is 43.4 Å². The number of rotatable bonds is 4. The van der Waals surface area contributed by atoms with Gasteiger partial charge in [-0.2, -0.15) is 4.68 Å². The van der Waals surface area contributed by atoms with Crippen molar-refractivity contribution in [3.8, 4) is 5.69 Å². The molecule has 24 heavy (non-hydrogen) atoms. The molecule has 8 heteroatoms. The lowest BCUT2D eigenvalue weighted by Crippen LogP contribution is -2.42. The summed E-state index contributed by atoms with van der Waals surface area (Å²) in [5.74, 6) is -0.305. The van der Waals surface area contributed by atoms with Crippen LogP contribution in [0, 0.1) is 0 Å². The molecule has 2 N–H and O–H groups in total. The average molecular weight is 350 g/mol. The molecule has 3 rings (SSSR count). The molecule has 0 atom stereocenters. The van der Waals surface area contributed by atoms with E-state index < -0.39 is 5.60 Å². The second kappa shape index (κ2) is 7.27. The van der Waals surface area contributed by atoms with Gasteiger partial charge in [0, 0.05) is 11.6 Å². The predicted molar refractivity (Wildman–Crippen MR) is 89.1 cm³/mol. The molecule has 0 radical (unpaired) electrons. The molecule has 1 fully saturated rings. The summed E-state index contributed by atoms with van der Waals surface area (Å²) in [4.78, 5) is 12.6. The Balaban J connectivity index is 1.76. The minimum Gasteiger partial charge on any atom is -0.388 e. The lowest BCUT2D eigenvalue weighted by atomic mass is 9.94. The highest BCUT2D eigenvalue weighted by Crippen LogP contribution is 2.26. The SMILES string of the molecule is O=C(NCC1(O)CCCCCC1)c1cc(Cl)ccc1-n1cnnn1. The molecule has 1 aliphatic carbocycles. The number of halogens is 1. The maximum atomic E-state index is 12.6. The molecule has 0 spiro atoms. The van der Waals surface area contributed by atoms with E-state index in [2.05, 4.69) is 20.8 Å². The fourth-order valence-corrected chi connectivity index (χ4v) is 3.24. The van der Waals surface area contributed by atoms with Crippen molar-refractivity contribution >= 4 is 17.5 Å². The maximum absolute atomic E-state index is 12.6. The van der Waals surface area contributed by atoms with Gasteiger partial charge in [-0.05, 0) is 41.5 Å². The van der Waals surface area contributed by atoms with Crippen molar-refractivity contribution in [3.05, 3.63) is 35.1 Å². The highest BCUT2D eigenvalue weighted by Gasteiger charge is 2.29. The average Bonchev–Trinajstić information content (AvgIpc) is 3.02. The molecule has 0 saturated heterocycles. The molecule has 0 aliphatic heterocycles. The Morgan fingerprint density at radius 1 is 1.29 bits per heavy atom. The zero-order valence-electron chi connectivity index (χ0n) is 13.3. The van der Waals surface area contributed by atoms with Crippen LogP contribution in [0.1, 0.15) is 48.9 Å². The van der Waals surface area contributed by atoms with Gasteiger partial charge < -0.3 is 10.4 Å². The molecule has 1 heterocycles. The summed E-state index contributed by atoms with van der Waals surface area (Å²) < 4.78 is 1.41. The summed E-state index contributed by atoms with van der Waals surface area (Å²) in [6, 6.07) is 4.94. The van der Waals surface area contributed by atoms with Gasteiger partial charge >= 0.3 is 0 Å². The first-order valence-electron chi connectivity index (χ1n) is 8.11. The number of nitrogens with one attached hydrogen (secondary N) is 1. The van der Waals surface area contributed by atoms with E-state index in [1.165, 1.54) is 11.0 Å². The summed E-state index contributed by atoms with van der Waals surface area (Å²) in [6.07, 6.45) is 7.07. The summed E-state index contributed by atoms with van der Waals surface area (Å²) in [5.41, 5.74) is 0.0708. The fraction of sp³-hybridized carbons (Fsp3) is 0.500. The van der Waals surface area contributed by atoms with Crippen molar-refractivity contribution in [2.75, 3.05) is 6.54 Å². The molecule has 1 aliphatic rings. The van der Waals surface area contributed by atoms with Crippen LogP contribution in [0.2, 0.25) is 5.02 Å². The molecular weight excluding hydrogens is 330 g/mol. The molecule has 1 amide bonds. The Bertz CT molecular complexity index is 696. The second-order valence-electron chi connectivity index (χ2n) is 6.24. The molecule has 1 aromatic heterocycles. The first kappa shape index (κ1) is 16.9. The predicted octanol–water partition coefficient (Wildman–Crippen LogP) is 2.13. The van der Waals surface area contributed by atoms with Gasteiger partial charge in [0.1, 0.15) is 6.33 Å². The molecule has 0 unspecified atom stereocenters. The number of hydrogen-bond donors (Lipinski definition) is 2. The maximum Gasteiger partial charge on any atom is 0.253 e. The van der Waals surface area contributed by atoms with Crippen LogP contribution in [0.3, 0.4) is 0 Å². The molecule has 7 nitrogen and oxygen atoms in total. The number of carbonyl (C=O) groups excluding carboxylic acids is 1. The largest absolute Gasteiger partial charge is 0.388 e. The number of aromatic nitrogens is 4. The first-order chi connectivity index (χ1) is 11.6. The first-order valence-corrected chi connectivity index (χ1v) is 8.49. The van der Waals surface area contributed by atoms with Crippen LogP contribution in [0.4, 0.5) is 0 Å². The van der Waals surface area contributed by atoms with Crippen molar-refractivity contribution in [1.82, 2.24) is 25.5 Å². The Hall–Kier alpha value is -1.99. The van der Waals surface area contributed by atoms with Gasteiger partial charge in [-0.1, -0.05) is 37.3 Å². The Morgan fingerprint density at radius 2 is 2.04 bits per heavy atom. The Morgan fingerprint density at radius 3 is 2.71 bits per heavy atom. The van der Waals surface area contributed by atoms with Crippen molar-refractivity contribution in [3.63, 3.8) is 0 Å². The number of tetrazole rings is 1. The van der Waals surface area contributed by atoms with E-state index in [0.717, 1.165) is 25.7 Å². The van der Waals surface area contributed by atoms with Gasteiger partial charge in [0.2, 0.25) is 0 Å². The van der Waals surface area contributed by atoms with Gasteiger partial charge in [-0.15, -0.1) is 5.10 Å². The minimum atomic E-state index is -0.834. The summed E-state index contributed by atoms with van der Waals surface area (Å²) in [7, 11) is 0. The highest BCUT2D eigenvalue weighted by molar-refractivity contribution is 6.31. The third kappa shape index (κ3) is 3.91. The standard InChI is InChI=1S/C16H20ClN5O2/c17-12-5-6-14(22-11-19-20-21-22)13(9-12)15(23)18-10-16(24)7-3-1-2-4-8-16/h5-6,9,11,24H,1-4,7-8,10H2,(H,18,23). The van der Waals surface area contributed by atoms with Crippen molar-refractivity contribution in [2.24, 2.45) is 0 Å². The number of carbonyl (C=O) groups is 1. The minimum absolute atomic E-state index is 0.230. The Kier molecular flexibility index (Phi) is 5.11. The van der Waals surface area contributed by atoms with Gasteiger partial charge in [-0.3, -0.25) is 4.79 Å². The van der Waals surface area contributed by atoms with E-state index in [4.69, 9.17) is 11.6 Å². The van der Waals surface area contributed by atoms with Crippen molar-refractivity contribution < 1.29 is 9.90 Å².